The Hall–Kier alpha value is -0.600. The Kier molecular flexibility index (Phi) is 2.25. The fourth-order valence-electron chi connectivity index (χ4n) is 0.650. The van der Waals surface area contributed by atoms with E-state index in [2.05, 4.69) is 4.98 Å². The minimum atomic E-state index is -0.543. The van der Waals surface area contributed by atoms with Gasteiger partial charge in [-0.05, 0) is 19.1 Å². The van der Waals surface area contributed by atoms with Crippen molar-refractivity contribution in [1.29, 1.82) is 0 Å². The standard InChI is InChI=1S/C7H8ClNO/c1-5(10)7-4-6(8)2-3-9-7/h2-5,10H,1H3/t5-/m1/s1. The Morgan fingerprint density at radius 1 is 1.70 bits per heavy atom. The van der Waals surface area contributed by atoms with E-state index in [4.69, 9.17) is 16.7 Å². The molecule has 0 bridgehead atoms. The van der Waals surface area contributed by atoms with Crippen molar-refractivity contribution in [2.24, 2.45) is 0 Å². The number of nitrogens with zero attached hydrogens (tertiary/aromatic N) is 1. The number of rotatable bonds is 1. The molecule has 1 rings (SSSR count). The minimum Gasteiger partial charge on any atom is -0.387 e. The lowest BCUT2D eigenvalue weighted by molar-refractivity contribution is 0.194. The third kappa shape index (κ3) is 1.69. The smallest absolute Gasteiger partial charge is 0.0932 e. The van der Waals surface area contributed by atoms with Crippen LogP contribution in [-0.2, 0) is 0 Å². The van der Waals surface area contributed by atoms with Crippen LogP contribution >= 0.6 is 11.6 Å². The van der Waals surface area contributed by atoms with E-state index in [1.165, 1.54) is 0 Å². The van der Waals surface area contributed by atoms with Gasteiger partial charge in [-0.1, -0.05) is 11.6 Å². The van der Waals surface area contributed by atoms with Crippen LogP contribution in [0.25, 0.3) is 0 Å². The molecule has 1 atom stereocenters. The average molecular weight is 158 g/mol. The number of aromatic nitrogens is 1. The number of aliphatic hydroxyl groups excluding tert-OH is 1. The lowest BCUT2D eigenvalue weighted by atomic mass is 10.2. The summed E-state index contributed by atoms with van der Waals surface area (Å²) in [5, 5.41) is 9.63. The van der Waals surface area contributed by atoms with E-state index < -0.39 is 6.10 Å². The monoisotopic (exact) mass is 157 g/mol. The van der Waals surface area contributed by atoms with Crippen molar-refractivity contribution < 1.29 is 5.11 Å². The molecule has 0 spiro atoms. The van der Waals surface area contributed by atoms with E-state index in [1.807, 2.05) is 0 Å². The molecular formula is C7H8ClNO. The van der Waals surface area contributed by atoms with E-state index in [0.29, 0.717) is 10.7 Å². The van der Waals surface area contributed by atoms with Crippen molar-refractivity contribution in [3.63, 3.8) is 0 Å². The number of aliphatic hydroxyl groups is 1. The highest BCUT2D eigenvalue weighted by Crippen LogP contribution is 2.13. The normalized spacial score (nSPS) is 13.1. The van der Waals surface area contributed by atoms with Crippen molar-refractivity contribution in [1.82, 2.24) is 4.98 Å². The van der Waals surface area contributed by atoms with Gasteiger partial charge < -0.3 is 5.11 Å². The molecule has 0 aromatic carbocycles. The van der Waals surface area contributed by atoms with Gasteiger partial charge in [-0.2, -0.15) is 0 Å². The van der Waals surface area contributed by atoms with Gasteiger partial charge in [-0.3, -0.25) is 4.98 Å². The Morgan fingerprint density at radius 3 is 2.80 bits per heavy atom. The SMILES string of the molecule is C[C@@H](O)c1cc(Cl)ccn1. The molecule has 0 radical (unpaired) electrons. The third-order valence-electron chi connectivity index (χ3n) is 1.17. The molecule has 54 valence electrons. The molecule has 1 aromatic heterocycles. The number of pyridine rings is 1. The van der Waals surface area contributed by atoms with Crippen molar-refractivity contribution in [3.05, 3.63) is 29.0 Å². The van der Waals surface area contributed by atoms with Gasteiger partial charge in [0.2, 0.25) is 0 Å². The second-order valence-electron chi connectivity index (χ2n) is 2.07. The summed E-state index contributed by atoms with van der Waals surface area (Å²) in [4.78, 5) is 3.90. The molecule has 2 nitrogen and oxygen atoms in total. The van der Waals surface area contributed by atoms with Crippen molar-refractivity contribution >= 4 is 11.6 Å². The topological polar surface area (TPSA) is 33.1 Å². The fourth-order valence-corrected chi connectivity index (χ4v) is 0.818. The molecule has 0 saturated heterocycles. The molecule has 0 amide bonds. The molecule has 10 heavy (non-hydrogen) atoms. The summed E-state index contributed by atoms with van der Waals surface area (Å²) in [6.45, 7) is 1.65. The van der Waals surface area contributed by atoms with Gasteiger partial charge in [-0.25, -0.2) is 0 Å². The lowest BCUT2D eigenvalue weighted by Gasteiger charge is -2.01. The average Bonchev–Trinajstić information content (AvgIpc) is 1.88. The summed E-state index contributed by atoms with van der Waals surface area (Å²) in [6, 6.07) is 3.32. The van der Waals surface area contributed by atoms with E-state index in [0.717, 1.165) is 0 Å². The highest BCUT2D eigenvalue weighted by atomic mass is 35.5. The highest BCUT2D eigenvalue weighted by molar-refractivity contribution is 6.30. The predicted octanol–water partition coefficient (Wildman–Crippen LogP) is 1.79. The van der Waals surface area contributed by atoms with Crippen LogP contribution in [0.4, 0.5) is 0 Å². The maximum atomic E-state index is 9.03. The van der Waals surface area contributed by atoms with Crippen LogP contribution in [-0.4, -0.2) is 10.1 Å². The van der Waals surface area contributed by atoms with Crippen LogP contribution in [0.1, 0.15) is 18.7 Å². The summed E-state index contributed by atoms with van der Waals surface area (Å²) < 4.78 is 0. The Labute approximate surface area is 64.5 Å². The van der Waals surface area contributed by atoms with Crippen LogP contribution in [0.2, 0.25) is 5.02 Å². The molecule has 0 unspecified atom stereocenters. The van der Waals surface area contributed by atoms with Crippen LogP contribution in [0.5, 0.6) is 0 Å². The van der Waals surface area contributed by atoms with E-state index in [-0.39, 0.29) is 0 Å². The molecule has 0 saturated carbocycles. The second-order valence-corrected chi connectivity index (χ2v) is 2.51. The number of hydrogen-bond acceptors (Lipinski definition) is 2. The molecule has 0 aliphatic rings. The fraction of sp³-hybridized carbons (Fsp3) is 0.286. The van der Waals surface area contributed by atoms with E-state index in [9.17, 15) is 0 Å². The Morgan fingerprint density at radius 2 is 2.40 bits per heavy atom. The molecule has 1 N–H and O–H groups in total. The molecule has 1 aromatic rings. The first-order chi connectivity index (χ1) is 4.70. The van der Waals surface area contributed by atoms with Gasteiger partial charge in [0.15, 0.2) is 0 Å². The maximum absolute atomic E-state index is 9.03. The van der Waals surface area contributed by atoms with Crippen molar-refractivity contribution in [2.45, 2.75) is 13.0 Å². The van der Waals surface area contributed by atoms with Gasteiger partial charge in [-0.15, -0.1) is 0 Å². The molecular weight excluding hydrogens is 150 g/mol. The zero-order valence-corrected chi connectivity index (χ0v) is 6.34. The van der Waals surface area contributed by atoms with Crippen molar-refractivity contribution in [3.8, 4) is 0 Å². The van der Waals surface area contributed by atoms with Gasteiger partial charge in [0.1, 0.15) is 0 Å². The predicted molar refractivity (Wildman–Crippen MR) is 39.9 cm³/mol. The molecule has 3 heteroatoms. The molecule has 0 aliphatic carbocycles. The summed E-state index contributed by atoms with van der Waals surface area (Å²) in [5.41, 5.74) is 0.604. The van der Waals surface area contributed by atoms with Crippen LogP contribution in [0.15, 0.2) is 18.3 Å². The van der Waals surface area contributed by atoms with Crippen LogP contribution in [0.3, 0.4) is 0 Å². The maximum Gasteiger partial charge on any atom is 0.0932 e. The van der Waals surface area contributed by atoms with Gasteiger partial charge in [0.25, 0.3) is 0 Å². The first-order valence-electron chi connectivity index (χ1n) is 2.99. The number of halogens is 1. The molecule has 1 heterocycles. The second kappa shape index (κ2) is 2.99. The van der Waals surface area contributed by atoms with E-state index in [1.54, 1.807) is 25.3 Å². The Balaban J connectivity index is 2.96. The van der Waals surface area contributed by atoms with Gasteiger partial charge in [0.05, 0.1) is 11.8 Å². The van der Waals surface area contributed by atoms with Gasteiger partial charge in [0, 0.05) is 11.2 Å². The highest BCUT2D eigenvalue weighted by Gasteiger charge is 2.00. The zero-order chi connectivity index (χ0) is 7.56. The minimum absolute atomic E-state index is 0.543. The third-order valence-corrected chi connectivity index (χ3v) is 1.41. The van der Waals surface area contributed by atoms with Crippen LogP contribution < -0.4 is 0 Å². The quantitative estimate of drug-likeness (QED) is 0.674. The Bertz CT molecular complexity index is 225. The first kappa shape index (κ1) is 7.51. The zero-order valence-electron chi connectivity index (χ0n) is 5.58. The lowest BCUT2D eigenvalue weighted by Crippen LogP contribution is -1.93. The van der Waals surface area contributed by atoms with Crippen LogP contribution in [0, 0.1) is 0 Å². The molecule has 0 aliphatic heterocycles. The summed E-state index contributed by atoms with van der Waals surface area (Å²) in [7, 11) is 0. The largest absolute Gasteiger partial charge is 0.387 e. The van der Waals surface area contributed by atoms with Gasteiger partial charge >= 0.3 is 0 Å². The van der Waals surface area contributed by atoms with Crippen molar-refractivity contribution in [2.75, 3.05) is 0 Å². The number of hydrogen-bond donors (Lipinski definition) is 1. The molecule has 0 fully saturated rings. The van der Waals surface area contributed by atoms with E-state index >= 15 is 0 Å². The summed E-state index contributed by atoms with van der Waals surface area (Å²) in [5.74, 6) is 0. The summed E-state index contributed by atoms with van der Waals surface area (Å²) in [6.07, 6.45) is 1.03. The summed E-state index contributed by atoms with van der Waals surface area (Å²) >= 11 is 5.64. The first-order valence-corrected chi connectivity index (χ1v) is 3.37.